The minimum Gasteiger partial charge on any atom is -0.263 e. The molecule has 4 heteroatoms. The van der Waals surface area contributed by atoms with E-state index in [1.165, 1.54) is 6.20 Å². The fourth-order valence-electron chi connectivity index (χ4n) is 1.27. The van der Waals surface area contributed by atoms with Gasteiger partial charge in [0.1, 0.15) is 9.73 Å². The van der Waals surface area contributed by atoms with Gasteiger partial charge in [-0.1, -0.05) is 18.2 Å². The molecule has 0 bridgehead atoms. The summed E-state index contributed by atoms with van der Waals surface area (Å²) < 4.78 is 20.1. The summed E-state index contributed by atoms with van der Waals surface area (Å²) in [7, 11) is -2.90. The maximum absolute atomic E-state index is 12.2. The highest BCUT2D eigenvalue weighted by Gasteiger charge is 2.11. The molecule has 3 nitrogen and oxygen atoms in total. The van der Waals surface area contributed by atoms with Gasteiger partial charge in [0.2, 0.25) is 0 Å². The Kier molecular flexibility index (Phi) is 2.51. The van der Waals surface area contributed by atoms with Crippen LogP contribution in [0.15, 0.2) is 64.6 Å². The normalized spacial score (nSPS) is 14.4. The monoisotopic (exact) mass is 218 g/mol. The Hall–Kier alpha value is -1.68. The molecule has 1 aromatic heterocycles. The van der Waals surface area contributed by atoms with Crippen molar-refractivity contribution in [2.24, 2.45) is 0 Å². The molecule has 0 aliphatic carbocycles. The molecule has 0 saturated heterocycles. The van der Waals surface area contributed by atoms with Gasteiger partial charge in [-0.05, 0) is 24.3 Å². The van der Waals surface area contributed by atoms with E-state index in [4.69, 9.17) is 4.78 Å². The van der Waals surface area contributed by atoms with E-state index >= 15 is 0 Å². The summed E-state index contributed by atoms with van der Waals surface area (Å²) in [6.07, 6.45) is 3.08. The number of hydrogen-bond acceptors (Lipinski definition) is 3. The van der Waals surface area contributed by atoms with Crippen LogP contribution in [0.3, 0.4) is 0 Å². The van der Waals surface area contributed by atoms with Gasteiger partial charge in [-0.2, -0.15) is 0 Å². The predicted octanol–water partition coefficient (Wildman–Crippen LogP) is 2.55. The van der Waals surface area contributed by atoms with Crippen molar-refractivity contribution in [1.29, 1.82) is 4.78 Å². The Morgan fingerprint density at radius 1 is 1.00 bits per heavy atom. The topological polar surface area (TPSA) is 53.8 Å². The molecule has 0 saturated carbocycles. The van der Waals surface area contributed by atoms with Gasteiger partial charge in [-0.15, -0.1) is 0 Å². The van der Waals surface area contributed by atoms with Crippen LogP contribution in [0.5, 0.6) is 0 Å². The fraction of sp³-hybridized carbons (Fsp3) is 0. The van der Waals surface area contributed by atoms with Crippen molar-refractivity contribution in [2.45, 2.75) is 9.79 Å². The van der Waals surface area contributed by atoms with E-state index in [0.29, 0.717) is 9.79 Å². The van der Waals surface area contributed by atoms with Crippen molar-refractivity contribution in [2.75, 3.05) is 0 Å². The van der Waals surface area contributed by atoms with Crippen LogP contribution >= 0.6 is 0 Å². The van der Waals surface area contributed by atoms with Gasteiger partial charge in [0, 0.05) is 12.4 Å². The van der Waals surface area contributed by atoms with E-state index in [9.17, 15) is 4.21 Å². The summed E-state index contributed by atoms with van der Waals surface area (Å²) in [6.45, 7) is 0. The SMILES string of the molecule is N=S(=O)(c1ccccc1)c1cccnc1. The summed E-state index contributed by atoms with van der Waals surface area (Å²) in [5.41, 5.74) is 0. The second kappa shape index (κ2) is 3.82. The first-order chi connectivity index (χ1) is 7.21. The molecule has 0 aliphatic heterocycles. The molecule has 1 atom stereocenters. The summed E-state index contributed by atoms with van der Waals surface area (Å²) >= 11 is 0. The van der Waals surface area contributed by atoms with Crippen LogP contribution in [0.2, 0.25) is 0 Å². The molecule has 76 valence electrons. The van der Waals surface area contributed by atoms with Gasteiger partial charge in [0.05, 0.1) is 9.79 Å². The summed E-state index contributed by atoms with van der Waals surface area (Å²) in [5.74, 6) is 0. The summed E-state index contributed by atoms with van der Waals surface area (Å²) in [5, 5.41) is 0. The highest BCUT2D eigenvalue weighted by Crippen LogP contribution is 2.19. The minimum absolute atomic E-state index is 0.441. The van der Waals surface area contributed by atoms with Crippen LogP contribution in [-0.4, -0.2) is 9.19 Å². The number of aromatic nitrogens is 1. The summed E-state index contributed by atoms with van der Waals surface area (Å²) in [6, 6.07) is 12.1. The Labute approximate surface area is 88.8 Å². The fourth-order valence-corrected chi connectivity index (χ4v) is 2.56. The second-order valence-corrected chi connectivity index (χ2v) is 5.11. The molecule has 1 aromatic carbocycles. The zero-order chi connectivity index (χ0) is 10.7. The number of pyridine rings is 1. The van der Waals surface area contributed by atoms with Crippen molar-refractivity contribution in [3.05, 3.63) is 54.9 Å². The van der Waals surface area contributed by atoms with E-state index in [1.807, 2.05) is 6.07 Å². The molecule has 0 amide bonds. The highest BCUT2D eigenvalue weighted by atomic mass is 32.2. The lowest BCUT2D eigenvalue weighted by Crippen LogP contribution is -1.99. The van der Waals surface area contributed by atoms with Crippen LogP contribution in [-0.2, 0) is 9.73 Å². The number of rotatable bonds is 2. The Bertz CT molecular complexity index is 490. The number of benzene rings is 1. The minimum atomic E-state index is -2.90. The number of nitrogens with zero attached hydrogens (tertiary/aromatic N) is 1. The lowest BCUT2D eigenvalue weighted by molar-refractivity contribution is 0.674. The number of nitrogens with one attached hydrogen (secondary N) is 1. The third-order valence-corrected chi connectivity index (χ3v) is 3.88. The molecule has 2 rings (SSSR count). The maximum Gasteiger partial charge on any atom is 0.103 e. The quantitative estimate of drug-likeness (QED) is 0.842. The third-order valence-electron chi connectivity index (χ3n) is 2.04. The van der Waals surface area contributed by atoms with Gasteiger partial charge in [0.15, 0.2) is 0 Å². The summed E-state index contributed by atoms with van der Waals surface area (Å²) in [4.78, 5) is 4.83. The van der Waals surface area contributed by atoms with Gasteiger partial charge in [-0.25, -0.2) is 8.99 Å². The van der Waals surface area contributed by atoms with Crippen molar-refractivity contribution in [3.63, 3.8) is 0 Å². The molecule has 2 aromatic rings. The van der Waals surface area contributed by atoms with Crippen molar-refractivity contribution < 1.29 is 4.21 Å². The molecular formula is C11H10N2OS. The Morgan fingerprint density at radius 2 is 1.67 bits per heavy atom. The van der Waals surface area contributed by atoms with E-state index < -0.39 is 9.73 Å². The average molecular weight is 218 g/mol. The van der Waals surface area contributed by atoms with Crippen LogP contribution in [0.4, 0.5) is 0 Å². The van der Waals surface area contributed by atoms with E-state index in [1.54, 1.807) is 42.6 Å². The van der Waals surface area contributed by atoms with Gasteiger partial charge in [-0.3, -0.25) is 4.98 Å². The Balaban J connectivity index is 2.55. The van der Waals surface area contributed by atoms with Gasteiger partial charge >= 0.3 is 0 Å². The second-order valence-electron chi connectivity index (χ2n) is 3.06. The molecule has 1 N–H and O–H groups in total. The van der Waals surface area contributed by atoms with Crippen LogP contribution in [0.1, 0.15) is 0 Å². The van der Waals surface area contributed by atoms with E-state index in [0.717, 1.165) is 0 Å². The van der Waals surface area contributed by atoms with Gasteiger partial charge < -0.3 is 0 Å². The molecule has 0 fully saturated rings. The van der Waals surface area contributed by atoms with Gasteiger partial charge in [0.25, 0.3) is 0 Å². The maximum atomic E-state index is 12.2. The van der Waals surface area contributed by atoms with Crippen molar-refractivity contribution in [3.8, 4) is 0 Å². The average Bonchev–Trinajstić information content (AvgIpc) is 2.31. The lowest BCUT2D eigenvalue weighted by atomic mass is 10.4. The van der Waals surface area contributed by atoms with Crippen LogP contribution < -0.4 is 0 Å². The zero-order valence-electron chi connectivity index (χ0n) is 7.96. The molecule has 0 spiro atoms. The van der Waals surface area contributed by atoms with Crippen molar-refractivity contribution in [1.82, 2.24) is 4.98 Å². The first-order valence-corrected chi connectivity index (χ1v) is 6.01. The first kappa shape index (κ1) is 9.86. The largest absolute Gasteiger partial charge is 0.263 e. The van der Waals surface area contributed by atoms with Crippen LogP contribution in [0, 0.1) is 4.78 Å². The first-order valence-electron chi connectivity index (χ1n) is 4.45. The van der Waals surface area contributed by atoms with Crippen molar-refractivity contribution >= 4 is 9.73 Å². The smallest absolute Gasteiger partial charge is 0.103 e. The molecule has 1 unspecified atom stereocenters. The Morgan fingerprint density at radius 3 is 2.27 bits per heavy atom. The predicted molar refractivity (Wildman–Crippen MR) is 58.1 cm³/mol. The molecular weight excluding hydrogens is 208 g/mol. The molecule has 0 radical (unpaired) electrons. The lowest BCUT2D eigenvalue weighted by Gasteiger charge is -2.06. The van der Waals surface area contributed by atoms with E-state index in [2.05, 4.69) is 4.98 Å². The number of hydrogen-bond donors (Lipinski definition) is 1. The zero-order valence-corrected chi connectivity index (χ0v) is 8.78. The standard InChI is InChI=1S/C11H10N2OS/c12-15(14,10-5-2-1-3-6-10)11-7-4-8-13-9-11/h1-9,12H. The molecule has 0 aliphatic rings. The molecule has 15 heavy (non-hydrogen) atoms. The van der Waals surface area contributed by atoms with E-state index in [-0.39, 0.29) is 0 Å². The highest BCUT2D eigenvalue weighted by molar-refractivity contribution is 7.92. The van der Waals surface area contributed by atoms with Crippen LogP contribution in [0.25, 0.3) is 0 Å². The molecule has 1 heterocycles. The third kappa shape index (κ3) is 1.89.